The summed E-state index contributed by atoms with van der Waals surface area (Å²) in [5.41, 5.74) is 1.03. The number of rotatable bonds is 6. The zero-order valence-electron chi connectivity index (χ0n) is 14.4. The number of piperidine rings is 1. The molecule has 6 heteroatoms. The Balaban J connectivity index is 1.85. The standard InChI is InChI=1S/C19H24NO4S/c1-23-18-12-10-17(11-13-18)16-20(14-6-3-7-15-20)24-25(21,22)19-8-4-2-5-9-19/h2,4-5,8-13H,3,6-7,14-16H2,1H3/q+1. The van der Waals surface area contributed by atoms with Gasteiger partial charge in [-0.25, -0.2) is 0 Å². The van der Waals surface area contributed by atoms with Crippen molar-refractivity contribution >= 4 is 10.1 Å². The first-order chi connectivity index (χ1) is 12.0. The van der Waals surface area contributed by atoms with Crippen LogP contribution in [0.5, 0.6) is 5.75 Å². The molecule has 0 saturated carbocycles. The summed E-state index contributed by atoms with van der Waals surface area (Å²) in [6.07, 6.45) is 3.03. The van der Waals surface area contributed by atoms with E-state index in [1.54, 1.807) is 37.4 Å². The van der Waals surface area contributed by atoms with E-state index < -0.39 is 10.1 Å². The van der Waals surface area contributed by atoms with Gasteiger partial charge < -0.3 is 4.74 Å². The molecule has 0 unspecified atom stereocenters. The SMILES string of the molecule is COc1ccc(C[N+]2(OS(=O)(=O)c3ccccc3)CCCCC2)cc1. The molecule has 3 rings (SSSR count). The highest BCUT2D eigenvalue weighted by molar-refractivity contribution is 7.86. The first-order valence-electron chi connectivity index (χ1n) is 8.53. The molecule has 2 aromatic carbocycles. The molecule has 1 fully saturated rings. The number of benzene rings is 2. The zero-order valence-corrected chi connectivity index (χ0v) is 15.2. The summed E-state index contributed by atoms with van der Waals surface area (Å²) in [6.45, 7) is 1.91. The largest absolute Gasteiger partial charge is 0.497 e. The molecule has 1 heterocycles. The van der Waals surface area contributed by atoms with Crippen LogP contribution in [0.3, 0.4) is 0 Å². The third-order valence-corrected chi connectivity index (χ3v) is 5.91. The van der Waals surface area contributed by atoms with Gasteiger partial charge in [-0.3, -0.25) is 0 Å². The minimum atomic E-state index is -3.80. The highest BCUT2D eigenvalue weighted by atomic mass is 32.2. The molecule has 0 N–H and O–H groups in total. The predicted octanol–water partition coefficient (Wildman–Crippen LogP) is 3.52. The van der Waals surface area contributed by atoms with Gasteiger partial charge in [0, 0.05) is 5.56 Å². The Bertz CT molecular complexity index is 782. The Labute approximate surface area is 149 Å². The smallest absolute Gasteiger partial charge is 0.342 e. The quantitative estimate of drug-likeness (QED) is 0.738. The van der Waals surface area contributed by atoms with Crippen LogP contribution in [0.15, 0.2) is 59.5 Å². The molecule has 0 aromatic heterocycles. The van der Waals surface area contributed by atoms with Gasteiger partial charge in [0.1, 0.15) is 25.4 Å². The number of hydroxylamine groups is 3. The second-order valence-electron chi connectivity index (χ2n) is 6.41. The van der Waals surface area contributed by atoms with Crippen LogP contribution in [0.25, 0.3) is 0 Å². The Kier molecular flexibility index (Phi) is 5.42. The molecule has 1 aliphatic rings. The molecule has 134 valence electrons. The lowest BCUT2D eigenvalue weighted by Gasteiger charge is -2.37. The second-order valence-corrected chi connectivity index (χ2v) is 7.94. The number of hydrogen-bond donors (Lipinski definition) is 0. The van der Waals surface area contributed by atoms with E-state index in [4.69, 9.17) is 9.02 Å². The van der Waals surface area contributed by atoms with Gasteiger partial charge in [0.2, 0.25) is 0 Å². The minimum Gasteiger partial charge on any atom is -0.497 e. The molecule has 1 saturated heterocycles. The van der Waals surface area contributed by atoms with E-state index >= 15 is 0 Å². The fourth-order valence-corrected chi connectivity index (χ4v) is 4.44. The number of nitrogens with zero attached hydrogens (tertiary/aromatic N) is 1. The van der Waals surface area contributed by atoms with Gasteiger partial charge in [-0.1, -0.05) is 22.5 Å². The van der Waals surface area contributed by atoms with Crippen molar-refractivity contribution in [2.75, 3.05) is 20.2 Å². The normalized spacial score (nSPS) is 17.2. The lowest BCUT2D eigenvalue weighted by Crippen LogP contribution is -2.51. The van der Waals surface area contributed by atoms with Gasteiger partial charge in [-0.2, -0.15) is 13.1 Å². The summed E-state index contributed by atoms with van der Waals surface area (Å²) < 4.78 is 36.6. The molecular weight excluding hydrogens is 338 g/mol. The van der Waals surface area contributed by atoms with Gasteiger partial charge >= 0.3 is 10.1 Å². The fourth-order valence-electron chi connectivity index (χ4n) is 3.25. The molecule has 0 atom stereocenters. The summed E-state index contributed by atoms with van der Waals surface area (Å²) in [5.74, 6) is 0.784. The van der Waals surface area contributed by atoms with E-state index in [1.807, 2.05) is 24.3 Å². The maximum atomic E-state index is 12.7. The predicted molar refractivity (Wildman–Crippen MR) is 95.3 cm³/mol. The summed E-state index contributed by atoms with van der Waals surface area (Å²) in [6, 6.07) is 16.1. The van der Waals surface area contributed by atoms with E-state index in [1.165, 1.54) is 0 Å². The Morgan fingerprint density at radius 2 is 1.56 bits per heavy atom. The Hall–Kier alpha value is -1.89. The molecule has 0 bridgehead atoms. The van der Waals surface area contributed by atoms with Crippen LogP contribution in [-0.4, -0.2) is 33.3 Å². The summed E-state index contributed by atoms with van der Waals surface area (Å²) >= 11 is 0. The minimum absolute atomic E-state index is 0.115. The van der Waals surface area contributed by atoms with Crippen LogP contribution in [-0.2, 0) is 20.9 Å². The zero-order chi connectivity index (χ0) is 17.8. The van der Waals surface area contributed by atoms with Gasteiger partial charge in [0.05, 0.1) is 12.0 Å². The van der Waals surface area contributed by atoms with Crippen LogP contribution in [0.2, 0.25) is 0 Å². The highest BCUT2D eigenvalue weighted by Crippen LogP contribution is 2.28. The fraction of sp³-hybridized carbons (Fsp3) is 0.368. The third-order valence-electron chi connectivity index (χ3n) is 4.55. The molecule has 0 aliphatic carbocycles. The monoisotopic (exact) mass is 362 g/mol. The topological polar surface area (TPSA) is 52.6 Å². The van der Waals surface area contributed by atoms with Gasteiger partial charge in [-0.05, 0) is 55.7 Å². The van der Waals surface area contributed by atoms with Crippen molar-refractivity contribution in [2.24, 2.45) is 0 Å². The number of ether oxygens (including phenoxy) is 1. The van der Waals surface area contributed by atoms with Crippen LogP contribution in [0.4, 0.5) is 0 Å². The summed E-state index contributed by atoms with van der Waals surface area (Å²) in [7, 11) is -2.18. The van der Waals surface area contributed by atoms with Crippen molar-refractivity contribution in [1.82, 2.24) is 0 Å². The van der Waals surface area contributed by atoms with Crippen molar-refractivity contribution in [3.8, 4) is 5.75 Å². The Morgan fingerprint density at radius 1 is 0.920 bits per heavy atom. The third kappa shape index (κ3) is 4.39. The average molecular weight is 362 g/mol. The van der Waals surface area contributed by atoms with Crippen LogP contribution < -0.4 is 4.74 Å². The van der Waals surface area contributed by atoms with E-state index in [0.29, 0.717) is 19.6 Å². The molecule has 0 spiro atoms. The average Bonchev–Trinajstić information content (AvgIpc) is 2.63. The molecule has 5 nitrogen and oxygen atoms in total. The Morgan fingerprint density at radius 3 is 2.16 bits per heavy atom. The molecule has 2 aromatic rings. The first kappa shape index (κ1) is 17.9. The molecule has 1 aliphatic heterocycles. The van der Waals surface area contributed by atoms with Crippen molar-refractivity contribution < 1.29 is 22.1 Å². The number of methoxy groups -OCH3 is 1. The lowest BCUT2D eigenvalue weighted by atomic mass is 10.1. The number of hydrogen-bond acceptors (Lipinski definition) is 4. The molecule has 0 radical (unpaired) electrons. The van der Waals surface area contributed by atoms with Crippen molar-refractivity contribution in [2.45, 2.75) is 30.7 Å². The van der Waals surface area contributed by atoms with Gasteiger partial charge in [-0.15, -0.1) is 0 Å². The second kappa shape index (κ2) is 7.56. The van der Waals surface area contributed by atoms with E-state index in [9.17, 15) is 8.42 Å². The lowest BCUT2D eigenvalue weighted by molar-refractivity contribution is -1.09. The number of quaternary nitrogens is 1. The molecule has 0 amide bonds. The summed E-state index contributed by atoms with van der Waals surface area (Å²) in [5, 5.41) is 0. The van der Waals surface area contributed by atoms with Gasteiger partial charge in [0.25, 0.3) is 0 Å². The van der Waals surface area contributed by atoms with E-state index in [-0.39, 0.29) is 9.54 Å². The summed E-state index contributed by atoms with van der Waals surface area (Å²) in [4.78, 5) is 0.202. The van der Waals surface area contributed by atoms with Crippen LogP contribution >= 0.6 is 0 Å². The van der Waals surface area contributed by atoms with Crippen molar-refractivity contribution in [3.05, 3.63) is 60.2 Å². The maximum absolute atomic E-state index is 12.7. The highest BCUT2D eigenvalue weighted by Gasteiger charge is 2.38. The van der Waals surface area contributed by atoms with E-state index in [2.05, 4.69) is 0 Å². The van der Waals surface area contributed by atoms with Crippen molar-refractivity contribution in [3.63, 3.8) is 0 Å². The maximum Gasteiger partial charge on any atom is 0.342 e. The van der Waals surface area contributed by atoms with Gasteiger partial charge in [0.15, 0.2) is 0 Å². The first-order valence-corrected chi connectivity index (χ1v) is 9.94. The van der Waals surface area contributed by atoms with Crippen LogP contribution in [0.1, 0.15) is 24.8 Å². The van der Waals surface area contributed by atoms with E-state index in [0.717, 1.165) is 30.6 Å². The van der Waals surface area contributed by atoms with Crippen molar-refractivity contribution in [1.29, 1.82) is 0 Å². The molecular formula is C19H24NO4S+. The molecule has 25 heavy (non-hydrogen) atoms. The number of likely N-dealkylation sites (tertiary alicyclic amines) is 1. The van der Waals surface area contributed by atoms with Crippen LogP contribution in [0, 0.1) is 0 Å².